The Morgan fingerprint density at radius 3 is 2.26 bits per heavy atom. The highest BCUT2D eigenvalue weighted by molar-refractivity contribution is 5.94. The Hall–Kier alpha value is -3.22. The van der Waals surface area contributed by atoms with Crippen LogP contribution in [0.5, 0.6) is 11.5 Å². The van der Waals surface area contributed by atoms with E-state index < -0.39 is 12.6 Å². The van der Waals surface area contributed by atoms with Crippen molar-refractivity contribution in [3.63, 3.8) is 0 Å². The van der Waals surface area contributed by atoms with Crippen LogP contribution in [0.25, 0.3) is 0 Å². The second-order valence-corrected chi connectivity index (χ2v) is 6.27. The zero-order chi connectivity index (χ0) is 20.0. The van der Waals surface area contributed by atoms with Gasteiger partial charge in [-0.05, 0) is 29.8 Å². The molecule has 27 heavy (non-hydrogen) atoms. The summed E-state index contributed by atoms with van der Waals surface area (Å²) in [6.07, 6.45) is 0. The number of carbonyl (C=O) groups is 2. The lowest BCUT2D eigenvalue weighted by atomic mass is 10.2. The van der Waals surface area contributed by atoms with Gasteiger partial charge in [-0.1, -0.05) is 12.1 Å². The number of hydrogen-bond acceptors (Lipinski definition) is 6. The van der Waals surface area contributed by atoms with E-state index >= 15 is 0 Å². The van der Waals surface area contributed by atoms with Gasteiger partial charge in [0.05, 0.1) is 7.11 Å². The van der Waals surface area contributed by atoms with Crippen LogP contribution in [0.4, 0.5) is 5.69 Å². The molecule has 7 nitrogen and oxygen atoms in total. The molecule has 0 aliphatic heterocycles. The zero-order valence-corrected chi connectivity index (χ0v) is 15.9. The number of nitrogens with zero attached hydrogens (tertiary/aromatic N) is 2. The van der Waals surface area contributed by atoms with E-state index in [1.807, 2.05) is 43.3 Å². The Balaban J connectivity index is 1.89. The molecule has 0 fully saturated rings. The molecular weight excluding hydrogens is 348 g/mol. The lowest BCUT2D eigenvalue weighted by Gasteiger charge is -2.18. The molecule has 2 aromatic carbocycles. The van der Waals surface area contributed by atoms with E-state index in [1.165, 1.54) is 30.2 Å². The number of anilines is 1. The maximum absolute atomic E-state index is 12.2. The molecule has 0 unspecified atom stereocenters. The average molecular weight is 372 g/mol. The van der Waals surface area contributed by atoms with Crippen molar-refractivity contribution in [2.45, 2.75) is 6.54 Å². The summed E-state index contributed by atoms with van der Waals surface area (Å²) in [5.41, 5.74) is 2.02. The Bertz CT molecular complexity index is 803. The summed E-state index contributed by atoms with van der Waals surface area (Å²) in [6.45, 7) is -0.00549. The molecule has 1 N–H and O–H groups in total. The van der Waals surface area contributed by atoms with E-state index in [-0.39, 0.29) is 17.2 Å². The molecule has 7 heteroatoms. The van der Waals surface area contributed by atoms with E-state index in [9.17, 15) is 14.7 Å². The predicted octanol–water partition coefficient (Wildman–Crippen LogP) is 2.28. The van der Waals surface area contributed by atoms with E-state index in [4.69, 9.17) is 9.47 Å². The molecule has 0 spiro atoms. The van der Waals surface area contributed by atoms with Crippen molar-refractivity contribution in [1.82, 2.24) is 4.90 Å². The molecule has 0 atom stereocenters. The number of phenols is 1. The Kier molecular flexibility index (Phi) is 6.65. The van der Waals surface area contributed by atoms with Crippen molar-refractivity contribution < 1.29 is 24.2 Å². The molecule has 2 aromatic rings. The quantitative estimate of drug-likeness (QED) is 0.751. The van der Waals surface area contributed by atoms with Crippen LogP contribution >= 0.6 is 0 Å². The summed E-state index contributed by atoms with van der Waals surface area (Å²) in [7, 11) is 7.01. The van der Waals surface area contributed by atoms with Gasteiger partial charge in [0, 0.05) is 39.4 Å². The van der Waals surface area contributed by atoms with Gasteiger partial charge < -0.3 is 24.4 Å². The number of rotatable bonds is 7. The highest BCUT2D eigenvalue weighted by Crippen LogP contribution is 2.24. The Morgan fingerprint density at radius 2 is 1.70 bits per heavy atom. The number of likely N-dealkylation sites (N-methyl/N-ethyl adjacent to an activating group) is 1. The molecule has 0 bridgehead atoms. The van der Waals surface area contributed by atoms with E-state index in [0.717, 1.165) is 11.3 Å². The molecule has 0 radical (unpaired) electrons. The number of esters is 1. The zero-order valence-electron chi connectivity index (χ0n) is 15.9. The summed E-state index contributed by atoms with van der Waals surface area (Å²) >= 11 is 0. The van der Waals surface area contributed by atoms with Crippen LogP contribution in [0.15, 0.2) is 42.5 Å². The fraction of sp³-hybridized carbons (Fsp3) is 0.300. The highest BCUT2D eigenvalue weighted by atomic mass is 16.5. The van der Waals surface area contributed by atoms with Crippen molar-refractivity contribution in [2.75, 3.05) is 39.8 Å². The first kappa shape index (κ1) is 20.1. The van der Waals surface area contributed by atoms with Gasteiger partial charge in [-0.25, -0.2) is 4.79 Å². The van der Waals surface area contributed by atoms with Crippen molar-refractivity contribution in [2.24, 2.45) is 0 Å². The molecule has 0 aliphatic carbocycles. The smallest absolute Gasteiger partial charge is 0.342 e. The first-order chi connectivity index (χ1) is 12.8. The van der Waals surface area contributed by atoms with E-state index in [0.29, 0.717) is 12.3 Å². The number of phenolic OH excluding ortho intramolecular Hbond substituents is 1. The minimum absolute atomic E-state index is 0.0227. The Labute approximate surface area is 158 Å². The number of ether oxygens (including phenoxy) is 2. The number of hydrogen-bond donors (Lipinski definition) is 1. The normalized spacial score (nSPS) is 10.2. The lowest BCUT2D eigenvalue weighted by molar-refractivity contribution is -0.133. The summed E-state index contributed by atoms with van der Waals surface area (Å²) < 4.78 is 9.98. The highest BCUT2D eigenvalue weighted by Gasteiger charge is 2.17. The molecule has 0 aliphatic rings. The summed E-state index contributed by atoms with van der Waals surface area (Å²) in [5.74, 6) is -0.957. The number of carbonyl (C=O) groups excluding carboxylic acids is 2. The van der Waals surface area contributed by atoms with Gasteiger partial charge in [0.2, 0.25) is 0 Å². The van der Waals surface area contributed by atoms with Crippen LogP contribution in [-0.4, -0.2) is 56.7 Å². The third-order valence-corrected chi connectivity index (χ3v) is 4.05. The number of methoxy groups -OCH3 is 1. The van der Waals surface area contributed by atoms with E-state index in [1.54, 1.807) is 7.05 Å². The topological polar surface area (TPSA) is 79.3 Å². The van der Waals surface area contributed by atoms with Crippen molar-refractivity contribution in [3.8, 4) is 11.5 Å². The van der Waals surface area contributed by atoms with Crippen LogP contribution in [0, 0.1) is 0 Å². The predicted molar refractivity (Wildman–Crippen MR) is 102 cm³/mol. The molecular formula is C20H24N2O5. The standard InChI is InChI=1S/C20H24N2O5/c1-21(2)15-7-5-14(6-8-15)12-22(3)19(24)13-27-20(25)17-10-9-16(26-4)11-18(17)23/h5-11,23H,12-13H2,1-4H3. The maximum atomic E-state index is 12.2. The summed E-state index contributed by atoms with van der Waals surface area (Å²) in [6, 6.07) is 12.1. The second kappa shape index (κ2) is 8.93. The molecule has 144 valence electrons. The minimum atomic E-state index is -0.771. The SMILES string of the molecule is COc1ccc(C(=O)OCC(=O)N(C)Cc2ccc(N(C)C)cc2)c(O)c1. The monoisotopic (exact) mass is 372 g/mol. The minimum Gasteiger partial charge on any atom is -0.507 e. The van der Waals surface area contributed by atoms with Gasteiger partial charge >= 0.3 is 5.97 Å². The Morgan fingerprint density at radius 1 is 1.04 bits per heavy atom. The second-order valence-electron chi connectivity index (χ2n) is 6.27. The van der Waals surface area contributed by atoms with Gasteiger partial charge in [0.15, 0.2) is 6.61 Å². The number of aromatic hydroxyl groups is 1. The first-order valence-corrected chi connectivity index (χ1v) is 8.36. The molecule has 0 saturated carbocycles. The van der Waals surface area contributed by atoms with Gasteiger partial charge in [0.1, 0.15) is 17.1 Å². The van der Waals surface area contributed by atoms with Crippen molar-refractivity contribution >= 4 is 17.6 Å². The first-order valence-electron chi connectivity index (χ1n) is 8.36. The third kappa shape index (κ3) is 5.37. The van der Waals surface area contributed by atoms with Crippen LogP contribution in [0.3, 0.4) is 0 Å². The van der Waals surface area contributed by atoms with Gasteiger partial charge in [-0.2, -0.15) is 0 Å². The average Bonchev–Trinajstić information content (AvgIpc) is 2.65. The van der Waals surface area contributed by atoms with Gasteiger partial charge in [0.25, 0.3) is 5.91 Å². The van der Waals surface area contributed by atoms with Crippen LogP contribution in [0.2, 0.25) is 0 Å². The summed E-state index contributed by atoms with van der Waals surface area (Å²) in [4.78, 5) is 27.7. The van der Waals surface area contributed by atoms with Gasteiger partial charge in [-0.15, -0.1) is 0 Å². The van der Waals surface area contributed by atoms with Crippen molar-refractivity contribution in [3.05, 3.63) is 53.6 Å². The van der Waals surface area contributed by atoms with Crippen LogP contribution in [-0.2, 0) is 16.1 Å². The number of benzene rings is 2. The van der Waals surface area contributed by atoms with Gasteiger partial charge in [-0.3, -0.25) is 4.79 Å². The number of amides is 1. The van der Waals surface area contributed by atoms with Crippen LogP contribution < -0.4 is 9.64 Å². The fourth-order valence-electron chi connectivity index (χ4n) is 2.39. The molecule has 2 rings (SSSR count). The fourth-order valence-corrected chi connectivity index (χ4v) is 2.39. The largest absolute Gasteiger partial charge is 0.507 e. The lowest BCUT2D eigenvalue weighted by Crippen LogP contribution is -2.30. The summed E-state index contributed by atoms with van der Waals surface area (Å²) in [5, 5.41) is 9.84. The van der Waals surface area contributed by atoms with Crippen LogP contribution in [0.1, 0.15) is 15.9 Å². The third-order valence-electron chi connectivity index (χ3n) is 4.05. The molecule has 0 aromatic heterocycles. The molecule has 1 amide bonds. The maximum Gasteiger partial charge on any atom is 0.342 e. The molecule has 0 heterocycles. The van der Waals surface area contributed by atoms with E-state index in [2.05, 4.69) is 0 Å². The van der Waals surface area contributed by atoms with Crippen molar-refractivity contribution in [1.29, 1.82) is 0 Å². The molecule has 0 saturated heterocycles.